The average Bonchev–Trinajstić information content (AvgIpc) is 3.42. The van der Waals surface area contributed by atoms with E-state index >= 15 is 0 Å². The molecule has 184 valence electrons. The minimum atomic E-state index is -5.08. The zero-order valence-electron chi connectivity index (χ0n) is 18.5. The Bertz CT molecular complexity index is 1030. The van der Waals surface area contributed by atoms with E-state index in [-0.39, 0.29) is 12.0 Å². The summed E-state index contributed by atoms with van der Waals surface area (Å²) in [4.78, 5) is 28.2. The first-order valence-electron chi connectivity index (χ1n) is 11.4. The van der Waals surface area contributed by atoms with Crippen molar-refractivity contribution < 1.29 is 37.3 Å². The third-order valence-corrected chi connectivity index (χ3v) is 6.50. The number of aliphatic carboxylic acids is 1. The van der Waals surface area contributed by atoms with E-state index in [1.165, 1.54) is 12.8 Å². The number of fused-ring (bicyclic) bond motifs is 2. The fourth-order valence-electron chi connectivity index (χ4n) is 4.42. The lowest BCUT2D eigenvalue weighted by atomic mass is 9.91. The summed E-state index contributed by atoms with van der Waals surface area (Å²) in [5, 5.41) is 8.13. The number of carboxylic acid groups (broad SMARTS) is 1. The number of carbonyl (C=O) groups excluding carboxylic acids is 1. The van der Waals surface area contributed by atoms with E-state index < -0.39 is 12.1 Å². The molecular weight excluding hydrogens is 453 g/mol. The van der Waals surface area contributed by atoms with Crippen molar-refractivity contribution >= 4 is 22.8 Å². The zero-order chi connectivity index (χ0) is 24.3. The standard InChI is InChI=1S/C22H26N2O3.C2HF3O2/c25-22(17-5-6-20-16(10-17)2-1-8-23-20)24-11-19-18(14-27-21(19)12-24)7-9-26-13-15-3-4-15;3-2(4,5)1(6)7/h1-2,5-6,8,10,15,18-19,21H,3-4,7,9,11-14H2;(H,6,7)/t18-,19-,21-;/m0./s1. The molecule has 34 heavy (non-hydrogen) atoms. The van der Waals surface area contributed by atoms with Crippen molar-refractivity contribution in [1.29, 1.82) is 0 Å². The number of benzene rings is 1. The molecule has 5 rings (SSSR count). The minimum absolute atomic E-state index is 0.0995. The Kier molecular flexibility index (Phi) is 7.37. The van der Waals surface area contributed by atoms with Crippen molar-refractivity contribution in [2.45, 2.75) is 31.5 Å². The molecule has 1 amide bonds. The third-order valence-electron chi connectivity index (χ3n) is 6.50. The molecule has 0 radical (unpaired) electrons. The number of nitrogens with zero attached hydrogens (tertiary/aromatic N) is 2. The number of ether oxygens (including phenoxy) is 2. The first kappa shape index (κ1) is 24.4. The monoisotopic (exact) mass is 480 g/mol. The van der Waals surface area contributed by atoms with Gasteiger partial charge in [-0.25, -0.2) is 4.79 Å². The maximum atomic E-state index is 13.0. The molecule has 1 N–H and O–H groups in total. The normalized spacial score (nSPS) is 24.0. The third kappa shape index (κ3) is 6.04. The van der Waals surface area contributed by atoms with Crippen LogP contribution >= 0.6 is 0 Å². The Morgan fingerprint density at radius 3 is 2.68 bits per heavy atom. The van der Waals surface area contributed by atoms with Crippen LogP contribution in [0.5, 0.6) is 0 Å². The van der Waals surface area contributed by atoms with Gasteiger partial charge in [-0.1, -0.05) is 6.07 Å². The van der Waals surface area contributed by atoms with Crippen LogP contribution in [-0.4, -0.2) is 72.1 Å². The summed E-state index contributed by atoms with van der Waals surface area (Å²) < 4.78 is 43.6. The molecule has 2 aromatic rings. The topological polar surface area (TPSA) is 89.0 Å². The van der Waals surface area contributed by atoms with E-state index in [2.05, 4.69) is 4.98 Å². The van der Waals surface area contributed by atoms with Crippen LogP contribution in [0.4, 0.5) is 13.2 Å². The molecule has 10 heteroatoms. The number of rotatable bonds is 6. The molecule has 3 atom stereocenters. The number of pyridine rings is 1. The van der Waals surface area contributed by atoms with Crippen molar-refractivity contribution in [2.75, 3.05) is 32.9 Å². The van der Waals surface area contributed by atoms with Gasteiger partial charge in [0.1, 0.15) is 0 Å². The van der Waals surface area contributed by atoms with Gasteiger partial charge < -0.3 is 19.5 Å². The smallest absolute Gasteiger partial charge is 0.475 e. The SMILES string of the molecule is O=C(O)C(F)(F)F.O=C(c1ccc2ncccc2c1)N1C[C@H]2[C@@H](CCOCC3CC3)CO[C@H]2C1. The lowest BCUT2D eigenvalue weighted by Crippen LogP contribution is -2.31. The molecule has 3 heterocycles. The summed E-state index contributed by atoms with van der Waals surface area (Å²) in [6.07, 6.45) is 0.581. The lowest BCUT2D eigenvalue weighted by molar-refractivity contribution is -0.192. The Morgan fingerprint density at radius 1 is 1.21 bits per heavy atom. The van der Waals surface area contributed by atoms with Crippen LogP contribution in [0.2, 0.25) is 0 Å². The molecule has 7 nitrogen and oxygen atoms in total. The average molecular weight is 480 g/mol. The van der Waals surface area contributed by atoms with E-state index in [0.717, 1.165) is 55.2 Å². The summed E-state index contributed by atoms with van der Waals surface area (Å²) in [6, 6.07) is 9.66. The number of amides is 1. The molecular formula is C24H27F3N2O5. The molecule has 1 aromatic heterocycles. The molecule has 1 saturated carbocycles. The predicted molar refractivity (Wildman–Crippen MR) is 116 cm³/mol. The van der Waals surface area contributed by atoms with Crippen LogP contribution in [0.1, 0.15) is 29.6 Å². The van der Waals surface area contributed by atoms with Gasteiger partial charge in [0.25, 0.3) is 5.91 Å². The van der Waals surface area contributed by atoms with Gasteiger partial charge in [-0.05, 0) is 55.4 Å². The van der Waals surface area contributed by atoms with Gasteiger partial charge in [0.15, 0.2) is 0 Å². The van der Waals surface area contributed by atoms with E-state index in [1.807, 2.05) is 35.2 Å². The highest BCUT2D eigenvalue weighted by molar-refractivity contribution is 5.98. The summed E-state index contributed by atoms with van der Waals surface area (Å²) in [6.45, 7) is 4.05. The number of carboxylic acids is 1. The van der Waals surface area contributed by atoms with E-state index in [4.69, 9.17) is 19.4 Å². The van der Waals surface area contributed by atoms with E-state index in [0.29, 0.717) is 18.4 Å². The largest absolute Gasteiger partial charge is 0.490 e. The molecule has 1 aliphatic carbocycles. The van der Waals surface area contributed by atoms with Crippen LogP contribution in [0.3, 0.4) is 0 Å². The van der Waals surface area contributed by atoms with Crippen molar-refractivity contribution in [2.24, 2.45) is 17.8 Å². The van der Waals surface area contributed by atoms with Crippen molar-refractivity contribution in [3.05, 3.63) is 42.1 Å². The van der Waals surface area contributed by atoms with Crippen LogP contribution < -0.4 is 0 Å². The second kappa shape index (κ2) is 10.3. The highest BCUT2D eigenvalue weighted by atomic mass is 19.4. The summed E-state index contributed by atoms with van der Waals surface area (Å²) in [7, 11) is 0. The number of alkyl halides is 3. The summed E-state index contributed by atoms with van der Waals surface area (Å²) in [5.41, 5.74) is 1.65. The number of carbonyl (C=O) groups is 2. The van der Waals surface area contributed by atoms with Crippen LogP contribution in [-0.2, 0) is 14.3 Å². The van der Waals surface area contributed by atoms with Gasteiger partial charge in [0.2, 0.25) is 0 Å². The Morgan fingerprint density at radius 2 is 1.97 bits per heavy atom. The van der Waals surface area contributed by atoms with E-state index in [9.17, 15) is 18.0 Å². The molecule has 0 spiro atoms. The second-order valence-corrected chi connectivity index (χ2v) is 9.03. The van der Waals surface area contributed by atoms with Gasteiger partial charge in [0.05, 0.1) is 18.2 Å². The van der Waals surface area contributed by atoms with Crippen LogP contribution in [0.25, 0.3) is 10.9 Å². The molecule has 3 fully saturated rings. The first-order valence-corrected chi connectivity index (χ1v) is 11.4. The van der Waals surface area contributed by atoms with Crippen LogP contribution in [0, 0.1) is 17.8 Å². The molecule has 2 aliphatic heterocycles. The highest BCUT2D eigenvalue weighted by Crippen LogP contribution is 2.36. The lowest BCUT2D eigenvalue weighted by Gasteiger charge is -2.20. The fraction of sp³-hybridized carbons (Fsp3) is 0.542. The maximum absolute atomic E-state index is 13.0. The van der Waals surface area contributed by atoms with E-state index in [1.54, 1.807) is 6.20 Å². The molecule has 0 bridgehead atoms. The van der Waals surface area contributed by atoms with Gasteiger partial charge >= 0.3 is 12.1 Å². The zero-order valence-corrected chi connectivity index (χ0v) is 18.5. The Hall–Kier alpha value is -2.72. The Labute approximate surface area is 194 Å². The van der Waals surface area contributed by atoms with Crippen molar-refractivity contribution in [3.8, 4) is 0 Å². The number of halogens is 3. The van der Waals surface area contributed by atoms with Crippen molar-refractivity contribution in [1.82, 2.24) is 9.88 Å². The van der Waals surface area contributed by atoms with Gasteiger partial charge in [0, 0.05) is 49.4 Å². The number of aromatic nitrogens is 1. The molecule has 2 saturated heterocycles. The maximum Gasteiger partial charge on any atom is 0.490 e. The Balaban J connectivity index is 0.000000344. The van der Waals surface area contributed by atoms with Gasteiger partial charge in [-0.3, -0.25) is 9.78 Å². The van der Waals surface area contributed by atoms with Gasteiger partial charge in [-0.15, -0.1) is 0 Å². The quantitative estimate of drug-likeness (QED) is 0.634. The highest BCUT2D eigenvalue weighted by Gasteiger charge is 2.45. The minimum Gasteiger partial charge on any atom is -0.475 e. The number of hydrogen-bond donors (Lipinski definition) is 1. The second-order valence-electron chi connectivity index (χ2n) is 9.03. The fourth-order valence-corrected chi connectivity index (χ4v) is 4.42. The molecule has 3 aliphatic rings. The van der Waals surface area contributed by atoms with Crippen LogP contribution in [0.15, 0.2) is 36.5 Å². The summed E-state index contributed by atoms with van der Waals surface area (Å²) >= 11 is 0. The molecule has 0 unspecified atom stereocenters. The first-order chi connectivity index (χ1) is 16.2. The predicted octanol–water partition coefficient (Wildman–Crippen LogP) is 3.77. The van der Waals surface area contributed by atoms with Crippen molar-refractivity contribution in [3.63, 3.8) is 0 Å². The number of likely N-dealkylation sites (tertiary alicyclic amines) is 1. The van der Waals surface area contributed by atoms with Gasteiger partial charge in [-0.2, -0.15) is 13.2 Å². The molecule has 1 aromatic carbocycles. The number of hydrogen-bond acceptors (Lipinski definition) is 5. The summed E-state index contributed by atoms with van der Waals surface area (Å²) in [5.74, 6) is -0.891.